The molecule has 4 nitrogen and oxygen atoms in total. The number of hydrogen-bond acceptors (Lipinski definition) is 2. The molecule has 17 heavy (non-hydrogen) atoms. The quantitative estimate of drug-likeness (QED) is 0.828. The molecule has 0 aromatic carbocycles. The van der Waals surface area contributed by atoms with Gasteiger partial charge in [0.25, 0.3) is 0 Å². The van der Waals surface area contributed by atoms with E-state index in [9.17, 15) is 4.79 Å². The number of aromatic nitrogens is 1. The van der Waals surface area contributed by atoms with Crippen LogP contribution in [0.15, 0.2) is 37.1 Å². The Kier molecular flexibility index (Phi) is 4.43. The molecule has 0 saturated carbocycles. The van der Waals surface area contributed by atoms with Crippen molar-refractivity contribution in [2.75, 3.05) is 0 Å². The highest BCUT2D eigenvalue weighted by molar-refractivity contribution is 6.42. The molecular weight excluding hydrogens is 263 g/mol. The lowest BCUT2D eigenvalue weighted by atomic mass is 10.3. The lowest BCUT2D eigenvalue weighted by Gasteiger charge is -2.06. The summed E-state index contributed by atoms with van der Waals surface area (Å²) in [6, 6.07) is 1.27. The first-order chi connectivity index (χ1) is 7.99. The number of carbonyl (C=O) groups is 1. The third kappa shape index (κ3) is 2.93. The molecule has 0 amide bonds. The summed E-state index contributed by atoms with van der Waals surface area (Å²) >= 11 is 11.7. The number of rotatable bonds is 4. The number of aromatic carboxylic acids is 1. The summed E-state index contributed by atoms with van der Waals surface area (Å²) < 4.78 is 1.24. The van der Waals surface area contributed by atoms with E-state index in [1.54, 1.807) is 18.2 Å². The van der Waals surface area contributed by atoms with E-state index in [4.69, 9.17) is 34.0 Å². The molecule has 1 aromatic rings. The molecule has 3 N–H and O–H groups in total. The van der Waals surface area contributed by atoms with Crippen molar-refractivity contribution < 1.29 is 9.90 Å². The Morgan fingerprint density at radius 3 is 2.65 bits per heavy atom. The number of hydrogen-bond donors (Lipinski definition) is 2. The van der Waals surface area contributed by atoms with Gasteiger partial charge in [0.15, 0.2) is 0 Å². The van der Waals surface area contributed by atoms with Gasteiger partial charge in [-0.3, -0.25) is 4.57 Å². The van der Waals surface area contributed by atoms with Crippen molar-refractivity contribution in [3.63, 3.8) is 0 Å². The van der Waals surface area contributed by atoms with Crippen molar-refractivity contribution in [1.82, 2.24) is 4.57 Å². The maximum atomic E-state index is 11.0. The van der Waals surface area contributed by atoms with Gasteiger partial charge in [0.1, 0.15) is 10.8 Å². The van der Waals surface area contributed by atoms with E-state index in [-0.39, 0.29) is 15.9 Å². The Labute approximate surface area is 108 Å². The minimum absolute atomic E-state index is 0.0496. The van der Waals surface area contributed by atoms with Crippen molar-refractivity contribution in [1.29, 1.82) is 0 Å². The first kappa shape index (κ1) is 13.4. The maximum absolute atomic E-state index is 11.0. The van der Waals surface area contributed by atoms with Crippen LogP contribution in [0.5, 0.6) is 0 Å². The molecule has 6 heteroatoms. The molecule has 90 valence electrons. The second-order valence-corrected chi connectivity index (χ2v) is 3.81. The average molecular weight is 273 g/mol. The van der Waals surface area contributed by atoms with Crippen LogP contribution in [-0.4, -0.2) is 15.6 Å². The van der Waals surface area contributed by atoms with E-state index in [1.807, 2.05) is 0 Å². The second-order valence-electron chi connectivity index (χ2n) is 3.04. The molecule has 1 heterocycles. The molecule has 0 fully saturated rings. The minimum atomic E-state index is -1.14. The van der Waals surface area contributed by atoms with Gasteiger partial charge in [0.05, 0.1) is 5.02 Å². The molecule has 0 atom stereocenters. The molecule has 0 radical (unpaired) electrons. The highest BCUT2D eigenvalue weighted by atomic mass is 35.5. The van der Waals surface area contributed by atoms with E-state index in [0.29, 0.717) is 5.70 Å². The second kappa shape index (κ2) is 5.61. The third-order valence-corrected chi connectivity index (χ3v) is 2.67. The normalized spacial score (nSPS) is 11.4. The summed E-state index contributed by atoms with van der Waals surface area (Å²) in [7, 11) is 0. The molecule has 1 rings (SSSR count). The molecule has 1 aromatic heterocycles. The van der Waals surface area contributed by atoms with Gasteiger partial charge in [-0.25, -0.2) is 4.79 Å². The van der Waals surface area contributed by atoms with Gasteiger partial charge in [0.2, 0.25) is 0 Å². The smallest absolute Gasteiger partial charge is 0.352 e. The molecule has 0 bridgehead atoms. The fraction of sp³-hybridized carbons (Fsp3) is 0. The number of carboxylic acid groups (broad SMARTS) is 1. The van der Waals surface area contributed by atoms with Crippen LogP contribution in [0.4, 0.5) is 0 Å². The van der Waals surface area contributed by atoms with E-state index >= 15 is 0 Å². The summed E-state index contributed by atoms with van der Waals surface area (Å²) in [5, 5.41) is 9.25. The van der Waals surface area contributed by atoms with Crippen molar-refractivity contribution in [2.24, 2.45) is 5.73 Å². The molecular formula is C11H10Cl2N2O2. The van der Waals surface area contributed by atoms with Gasteiger partial charge in [-0.1, -0.05) is 35.9 Å². The van der Waals surface area contributed by atoms with Gasteiger partial charge in [-0.05, 0) is 24.4 Å². The van der Waals surface area contributed by atoms with Crippen LogP contribution in [0.2, 0.25) is 10.2 Å². The first-order valence-electron chi connectivity index (χ1n) is 4.53. The van der Waals surface area contributed by atoms with Crippen LogP contribution >= 0.6 is 23.2 Å². The standard InChI is InChI=1S/C11H10Cl2N2O2/c1-7(4-2-3-5-14)15-9(11(16)17)6-8(12)10(15)13/h2-6H,1,14H2,(H,16,17)/b4-2-,5-3-. The predicted molar refractivity (Wildman–Crippen MR) is 69.2 cm³/mol. The SMILES string of the molecule is C=C(/C=C\C=C/N)n1c(C(=O)O)cc(Cl)c1Cl. The lowest BCUT2D eigenvalue weighted by molar-refractivity contribution is 0.0688. The molecule has 0 aliphatic carbocycles. The Morgan fingerprint density at radius 1 is 1.47 bits per heavy atom. The predicted octanol–water partition coefficient (Wildman–Crippen LogP) is 2.99. The summed E-state index contributed by atoms with van der Waals surface area (Å²) in [4.78, 5) is 11.0. The highest BCUT2D eigenvalue weighted by Gasteiger charge is 2.18. The average Bonchev–Trinajstić information content (AvgIpc) is 2.56. The number of nitrogens with zero attached hydrogens (tertiary/aromatic N) is 1. The summed E-state index contributed by atoms with van der Waals surface area (Å²) in [5.41, 5.74) is 5.48. The number of carboxylic acids is 1. The van der Waals surface area contributed by atoms with Gasteiger partial charge in [-0.15, -0.1) is 0 Å². The zero-order valence-electron chi connectivity index (χ0n) is 8.73. The lowest BCUT2D eigenvalue weighted by Crippen LogP contribution is -2.06. The Bertz CT molecular complexity index is 516. The van der Waals surface area contributed by atoms with Crippen LogP contribution in [0.1, 0.15) is 10.5 Å². The topological polar surface area (TPSA) is 68.2 Å². The van der Waals surface area contributed by atoms with Gasteiger partial charge in [0, 0.05) is 5.70 Å². The fourth-order valence-electron chi connectivity index (χ4n) is 1.20. The van der Waals surface area contributed by atoms with E-state index in [2.05, 4.69) is 6.58 Å². The number of nitrogens with two attached hydrogens (primary N) is 1. The van der Waals surface area contributed by atoms with E-state index in [1.165, 1.54) is 16.8 Å². The van der Waals surface area contributed by atoms with Crippen molar-refractivity contribution in [3.05, 3.63) is 52.9 Å². The molecule has 0 saturated heterocycles. The van der Waals surface area contributed by atoms with Gasteiger partial charge in [-0.2, -0.15) is 0 Å². The largest absolute Gasteiger partial charge is 0.477 e. The Morgan fingerprint density at radius 2 is 2.12 bits per heavy atom. The molecule has 0 unspecified atom stereocenters. The first-order valence-corrected chi connectivity index (χ1v) is 5.29. The molecule has 0 aliphatic heterocycles. The monoisotopic (exact) mass is 272 g/mol. The van der Waals surface area contributed by atoms with Gasteiger partial charge < -0.3 is 10.8 Å². The highest BCUT2D eigenvalue weighted by Crippen LogP contribution is 2.29. The Balaban J connectivity index is 3.20. The third-order valence-electron chi connectivity index (χ3n) is 1.91. The number of halogens is 2. The summed E-state index contributed by atoms with van der Waals surface area (Å²) in [5.74, 6) is -1.14. The zero-order chi connectivity index (χ0) is 13.0. The van der Waals surface area contributed by atoms with E-state index in [0.717, 1.165) is 0 Å². The maximum Gasteiger partial charge on any atom is 0.352 e. The van der Waals surface area contributed by atoms with Crippen molar-refractivity contribution >= 4 is 34.9 Å². The summed E-state index contributed by atoms with van der Waals surface area (Å²) in [6.45, 7) is 3.71. The van der Waals surface area contributed by atoms with Crippen LogP contribution in [0, 0.1) is 0 Å². The summed E-state index contributed by atoms with van der Waals surface area (Å²) in [6.07, 6.45) is 6.09. The number of allylic oxidation sites excluding steroid dienone is 4. The minimum Gasteiger partial charge on any atom is -0.477 e. The van der Waals surface area contributed by atoms with Crippen LogP contribution in [-0.2, 0) is 0 Å². The van der Waals surface area contributed by atoms with E-state index < -0.39 is 5.97 Å². The van der Waals surface area contributed by atoms with Gasteiger partial charge >= 0.3 is 5.97 Å². The van der Waals surface area contributed by atoms with Crippen molar-refractivity contribution in [3.8, 4) is 0 Å². The van der Waals surface area contributed by atoms with Crippen molar-refractivity contribution in [2.45, 2.75) is 0 Å². The van der Waals surface area contributed by atoms with Crippen LogP contribution < -0.4 is 5.73 Å². The zero-order valence-corrected chi connectivity index (χ0v) is 10.2. The Hall–Kier alpha value is -1.65. The van der Waals surface area contributed by atoms with Crippen LogP contribution in [0.3, 0.4) is 0 Å². The van der Waals surface area contributed by atoms with Crippen LogP contribution in [0.25, 0.3) is 5.70 Å². The fourth-order valence-corrected chi connectivity index (χ4v) is 1.64. The molecule has 0 spiro atoms. The molecule has 0 aliphatic rings.